The van der Waals surface area contributed by atoms with Gasteiger partial charge in [-0.05, 0) is 18.2 Å². The number of benzene rings is 2. The van der Waals surface area contributed by atoms with Crippen LogP contribution in [0.4, 0.5) is 5.69 Å². The highest BCUT2D eigenvalue weighted by Crippen LogP contribution is 2.34. The topological polar surface area (TPSA) is 85.0 Å². The lowest BCUT2D eigenvalue weighted by atomic mass is 10.2. The van der Waals surface area contributed by atoms with Crippen LogP contribution in [0.15, 0.2) is 47.6 Å². The minimum Gasteiger partial charge on any atom is -0.446 e. The number of hydrazone groups is 1. The molecule has 9 heteroatoms. The van der Waals surface area contributed by atoms with E-state index in [0.29, 0.717) is 10.6 Å². The molecule has 0 radical (unpaired) electrons. The molecule has 0 fully saturated rings. The van der Waals surface area contributed by atoms with Crippen molar-refractivity contribution in [3.8, 4) is 0 Å². The number of ether oxygens (including phenoxy) is 1. The largest absolute Gasteiger partial charge is 0.446 e. The molecule has 0 unspecified atom stereocenters. The van der Waals surface area contributed by atoms with Crippen molar-refractivity contribution in [2.75, 3.05) is 0 Å². The van der Waals surface area contributed by atoms with Gasteiger partial charge in [0, 0.05) is 29.6 Å². The van der Waals surface area contributed by atoms with Crippen molar-refractivity contribution >= 4 is 40.7 Å². The predicted molar refractivity (Wildman–Crippen MR) is 92.4 cm³/mol. The summed E-state index contributed by atoms with van der Waals surface area (Å²) in [6, 6.07) is 10.7. The Hall–Kier alpha value is -2.64. The molecule has 25 heavy (non-hydrogen) atoms. The molecule has 1 atom stereocenters. The van der Waals surface area contributed by atoms with Gasteiger partial charge >= 0.3 is 0 Å². The van der Waals surface area contributed by atoms with E-state index in [9.17, 15) is 14.9 Å². The van der Waals surface area contributed by atoms with Crippen molar-refractivity contribution in [2.24, 2.45) is 5.10 Å². The summed E-state index contributed by atoms with van der Waals surface area (Å²) < 4.78 is 5.77. The lowest BCUT2D eigenvalue weighted by molar-refractivity contribution is -0.384. The molecule has 0 N–H and O–H groups in total. The molecule has 0 aromatic heterocycles. The van der Waals surface area contributed by atoms with E-state index in [-0.39, 0.29) is 28.1 Å². The summed E-state index contributed by atoms with van der Waals surface area (Å²) in [7, 11) is 0. The number of hydrogen-bond donors (Lipinski definition) is 0. The molecule has 1 aliphatic heterocycles. The summed E-state index contributed by atoms with van der Waals surface area (Å²) in [5, 5.41) is 16.9. The summed E-state index contributed by atoms with van der Waals surface area (Å²) in [6.07, 6.45) is -0.832. The van der Waals surface area contributed by atoms with Crippen molar-refractivity contribution in [2.45, 2.75) is 13.2 Å². The molecule has 1 heterocycles. The van der Waals surface area contributed by atoms with Gasteiger partial charge < -0.3 is 4.74 Å². The van der Waals surface area contributed by atoms with Gasteiger partial charge in [0.05, 0.1) is 15.5 Å². The molecule has 0 spiro atoms. The van der Waals surface area contributed by atoms with Gasteiger partial charge in [-0.1, -0.05) is 35.3 Å². The van der Waals surface area contributed by atoms with Crippen molar-refractivity contribution < 1.29 is 14.5 Å². The second-order valence-electron chi connectivity index (χ2n) is 5.22. The lowest BCUT2D eigenvalue weighted by Crippen LogP contribution is -2.25. The van der Waals surface area contributed by atoms with E-state index in [1.807, 2.05) is 0 Å². The van der Waals surface area contributed by atoms with Crippen LogP contribution in [0.2, 0.25) is 10.0 Å². The maximum absolute atomic E-state index is 11.9. The van der Waals surface area contributed by atoms with Crippen LogP contribution < -0.4 is 0 Å². The zero-order chi connectivity index (χ0) is 18.1. The molecule has 3 rings (SSSR count). The van der Waals surface area contributed by atoms with E-state index in [1.54, 1.807) is 24.3 Å². The fraction of sp³-hybridized carbons (Fsp3) is 0.125. The van der Waals surface area contributed by atoms with Gasteiger partial charge in [-0.15, -0.1) is 5.10 Å². The highest BCUT2D eigenvalue weighted by Gasteiger charge is 2.34. The smallest absolute Gasteiger partial charge is 0.270 e. The first-order valence-electron chi connectivity index (χ1n) is 7.11. The second kappa shape index (κ2) is 6.70. The van der Waals surface area contributed by atoms with Gasteiger partial charge in [0.15, 0.2) is 0 Å². The first-order valence-corrected chi connectivity index (χ1v) is 7.87. The number of carbonyl (C=O) groups excluding carboxylic acids is 1. The van der Waals surface area contributed by atoms with E-state index in [1.165, 1.54) is 25.1 Å². The summed E-state index contributed by atoms with van der Waals surface area (Å²) in [6.45, 7) is 1.34. The Labute approximate surface area is 152 Å². The zero-order valence-corrected chi connectivity index (χ0v) is 14.4. The van der Waals surface area contributed by atoms with Crippen molar-refractivity contribution in [3.05, 3.63) is 73.8 Å². The number of nitro benzene ring substituents is 1. The van der Waals surface area contributed by atoms with Gasteiger partial charge in [-0.2, -0.15) is 5.01 Å². The van der Waals surface area contributed by atoms with E-state index >= 15 is 0 Å². The number of non-ortho nitro benzene ring substituents is 1. The van der Waals surface area contributed by atoms with Crippen LogP contribution in [0.5, 0.6) is 0 Å². The highest BCUT2D eigenvalue weighted by atomic mass is 35.5. The molecule has 0 bridgehead atoms. The van der Waals surface area contributed by atoms with Crippen LogP contribution in [0.3, 0.4) is 0 Å². The molecule has 7 nitrogen and oxygen atoms in total. The number of amides is 1. The number of hydrogen-bond acceptors (Lipinski definition) is 5. The molecule has 2 aromatic carbocycles. The summed E-state index contributed by atoms with van der Waals surface area (Å²) in [4.78, 5) is 22.3. The molecule has 128 valence electrons. The Morgan fingerprint density at radius 3 is 2.68 bits per heavy atom. The van der Waals surface area contributed by atoms with Gasteiger partial charge in [-0.3, -0.25) is 14.9 Å². The normalized spacial score (nSPS) is 16.4. The Morgan fingerprint density at radius 1 is 1.28 bits per heavy atom. The molecular formula is C16H11Cl2N3O4. The van der Waals surface area contributed by atoms with Gasteiger partial charge in [-0.25, -0.2) is 0 Å². The monoisotopic (exact) mass is 379 g/mol. The first kappa shape index (κ1) is 17.2. The summed E-state index contributed by atoms with van der Waals surface area (Å²) in [5.41, 5.74) is 0.681. The summed E-state index contributed by atoms with van der Waals surface area (Å²) >= 11 is 12.1. The maximum Gasteiger partial charge on any atom is 0.270 e. The van der Waals surface area contributed by atoms with Crippen LogP contribution in [0, 0.1) is 10.1 Å². The third kappa shape index (κ3) is 3.42. The van der Waals surface area contributed by atoms with Gasteiger partial charge in [0.1, 0.15) is 0 Å². The first-order chi connectivity index (χ1) is 11.9. The second-order valence-corrected chi connectivity index (χ2v) is 6.06. The molecule has 0 aliphatic carbocycles. The minimum absolute atomic E-state index is 0.0221. The van der Waals surface area contributed by atoms with Crippen molar-refractivity contribution in [1.29, 1.82) is 0 Å². The average molecular weight is 380 g/mol. The molecule has 2 aromatic rings. The molecule has 0 saturated heterocycles. The van der Waals surface area contributed by atoms with Crippen molar-refractivity contribution in [3.63, 3.8) is 0 Å². The van der Waals surface area contributed by atoms with Crippen LogP contribution in [0.1, 0.15) is 24.3 Å². The number of nitrogens with zero attached hydrogens (tertiary/aromatic N) is 3. The third-order valence-electron chi connectivity index (χ3n) is 3.49. The fourth-order valence-electron chi connectivity index (χ4n) is 2.34. The Morgan fingerprint density at radius 2 is 2.04 bits per heavy atom. The van der Waals surface area contributed by atoms with E-state index in [0.717, 1.165) is 5.01 Å². The van der Waals surface area contributed by atoms with Crippen LogP contribution in [0.25, 0.3) is 0 Å². The Kier molecular flexibility index (Phi) is 4.61. The minimum atomic E-state index is -0.832. The maximum atomic E-state index is 11.9. The van der Waals surface area contributed by atoms with Crippen LogP contribution in [-0.4, -0.2) is 21.7 Å². The Balaban J connectivity index is 2.02. The standard InChI is InChI=1S/C16H11Cl2N3O4/c1-9(22)20-16(10-3-2-4-11(17)7-10)25-15(19-20)13-8-12(21(23)24)5-6-14(13)18/h2-8,16H,1H3/t16-/m0/s1. The summed E-state index contributed by atoms with van der Waals surface area (Å²) in [5.74, 6) is -0.338. The number of halogens is 2. The number of carbonyl (C=O) groups is 1. The quantitative estimate of drug-likeness (QED) is 0.592. The molecule has 1 aliphatic rings. The van der Waals surface area contributed by atoms with Crippen LogP contribution in [-0.2, 0) is 9.53 Å². The SMILES string of the molecule is CC(=O)N1N=C(c2cc([N+](=O)[O-])ccc2Cl)O[C@H]1c1cccc(Cl)c1. The zero-order valence-electron chi connectivity index (χ0n) is 12.8. The third-order valence-corrected chi connectivity index (χ3v) is 4.06. The van der Waals surface area contributed by atoms with Gasteiger partial charge in [0.2, 0.25) is 18.0 Å². The fourth-order valence-corrected chi connectivity index (χ4v) is 2.74. The molecule has 1 amide bonds. The van der Waals surface area contributed by atoms with Crippen molar-refractivity contribution in [1.82, 2.24) is 5.01 Å². The molecule has 0 saturated carbocycles. The highest BCUT2D eigenvalue weighted by molar-refractivity contribution is 6.34. The van der Waals surface area contributed by atoms with E-state index in [2.05, 4.69) is 5.10 Å². The number of rotatable bonds is 3. The lowest BCUT2D eigenvalue weighted by Gasteiger charge is -2.19. The van der Waals surface area contributed by atoms with E-state index in [4.69, 9.17) is 27.9 Å². The van der Waals surface area contributed by atoms with E-state index < -0.39 is 11.2 Å². The Bertz CT molecular complexity index is 901. The average Bonchev–Trinajstić information content (AvgIpc) is 3.00. The van der Waals surface area contributed by atoms with Gasteiger partial charge in [0.25, 0.3) is 5.69 Å². The molecular weight excluding hydrogens is 369 g/mol. The number of nitro groups is 1. The van der Waals surface area contributed by atoms with Crippen LogP contribution >= 0.6 is 23.2 Å². The predicted octanol–water partition coefficient (Wildman–Crippen LogP) is 4.14.